The van der Waals surface area contributed by atoms with Gasteiger partial charge in [0.15, 0.2) is 0 Å². The van der Waals surface area contributed by atoms with E-state index in [0.717, 1.165) is 11.1 Å². The summed E-state index contributed by atoms with van der Waals surface area (Å²) in [5.74, 6) is -0.487. The number of carboxylic acid groups (broad SMARTS) is 1. The number of aryl methyl sites for hydroxylation is 2. The third-order valence-electron chi connectivity index (χ3n) is 2.85. The molecule has 1 aromatic carbocycles. The maximum atomic E-state index is 10.5. The van der Waals surface area contributed by atoms with Gasteiger partial charge in [0.25, 0.3) is 0 Å². The van der Waals surface area contributed by atoms with E-state index in [1.54, 1.807) is 33.1 Å². The van der Waals surface area contributed by atoms with Crippen molar-refractivity contribution in [3.8, 4) is 5.75 Å². The van der Waals surface area contributed by atoms with Crippen LogP contribution in [0.15, 0.2) is 12.1 Å². The average Bonchev–Trinajstić information content (AvgIpc) is 2.26. The zero-order valence-corrected chi connectivity index (χ0v) is 10.7. The Morgan fingerprint density at radius 1 is 1.28 bits per heavy atom. The van der Waals surface area contributed by atoms with E-state index in [1.807, 2.05) is 0 Å². The number of carboxylic acids is 1. The van der Waals surface area contributed by atoms with Gasteiger partial charge in [-0.05, 0) is 42.7 Å². The molecule has 2 atom stereocenters. The highest BCUT2D eigenvalue weighted by molar-refractivity contribution is 5.67. The fraction of sp³-hybridized carbons (Fsp3) is 0.462. The summed E-state index contributed by atoms with van der Waals surface area (Å²) in [7, 11) is 1.55. The van der Waals surface area contributed by atoms with E-state index in [9.17, 15) is 15.0 Å². The molecule has 5 heteroatoms. The summed E-state index contributed by atoms with van der Waals surface area (Å²) in [6.45, 7) is 3.56. The summed E-state index contributed by atoms with van der Waals surface area (Å²) in [6, 6.07) is 3.47. The molecule has 5 nitrogen and oxygen atoms in total. The number of methoxy groups -OCH3 is 1. The third kappa shape index (κ3) is 3.21. The average molecular weight is 254 g/mol. The standard InChI is InChI=1S/C13H18O5/c1-7-4-9(18-3)5-8(2)12(7)13(17)10(14)6-11(15)16/h4-5,10,13-14,17H,6H2,1-3H3,(H,15,16). The molecule has 3 N–H and O–H groups in total. The van der Waals surface area contributed by atoms with Crippen molar-refractivity contribution in [3.05, 3.63) is 28.8 Å². The van der Waals surface area contributed by atoms with E-state index < -0.39 is 24.6 Å². The molecule has 0 bridgehead atoms. The van der Waals surface area contributed by atoms with Crippen LogP contribution >= 0.6 is 0 Å². The zero-order chi connectivity index (χ0) is 13.9. The van der Waals surface area contributed by atoms with Gasteiger partial charge in [-0.1, -0.05) is 0 Å². The number of benzene rings is 1. The molecule has 0 aliphatic rings. The molecule has 0 fully saturated rings. The fourth-order valence-corrected chi connectivity index (χ4v) is 2.00. The van der Waals surface area contributed by atoms with Crippen LogP contribution in [0.5, 0.6) is 5.75 Å². The third-order valence-corrected chi connectivity index (χ3v) is 2.85. The minimum absolute atomic E-state index is 0.494. The highest BCUT2D eigenvalue weighted by atomic mass is 16.5. The molecule has 0 aliphatic heterocycles. The van der Waals surface area contributed by atoms with Crippen LogP contribution in [-0.4, -0.2) is 34.5 Å². The van der Waals surface area contributed by atoms with Gasteiger partial charge in [0.05, 0.1) is 19.6 Å². The Kier molecular flexibility index (Phi) is 4.69. The van der Waals surface area contributed by atoms with Gasteiger partial charge in [0.2, 0.25) is 0 Å². The largest absolute Gasteiger partial charge is 0.497 e. The Balaban J connectivity index is 3.05. The number of hydrogen-bond acceptors (Lipinski definition) is 4. The molecule has 1 aromatic rings. The summed E-state index contributed by atoms with van der Waals surface area (Å²) >= 11 is 0. The Hall–Kier alpha value is -1.59. The monoisotopic (exact) mass is 254 g/mol. The number of carbonyl (C=O) groups is 1. The lowest BCUT2D eigenvalue weighted by molar-refractivity contribution is -0.141. The number of hydrogen-bond donors (Lipinski definition) is 3. The summed E-state index contributed by atoms with van der Waals surface area (Å²) in [6.07, 6.45) is -3.04. The molecular weight excluding hydrogens is 236 g/mol. The number of rotatable bonds is 5. The number of aliphatic carboxylic acids is 1. The van der Waals surface area contributed by atoms with Crippen molar-refractivity contribution in [2.75, 3.05) is 7.11 Å². The summed E-state index contributed by atoms with van der Waals surface area (Å²) in [5, 5.41) is 28.3. The van der Waals surface area contributed by atoms with Crippen LogP contribution < -0.4 is 4.74 Å². The maximum absolute atomic E-state index is 10.5. The molecular formula is C13H18O5. The van der Waals surface area contributed by atoms with E-state index >= 15 is 0 Å². The second kappa shape index (κ2) is 5.84. The SMILES string of the molecule is COc1cc(C)c(C(O)C(O)CC(=O)O)c(C)c1. The van der Waals surface area contributed by atoms with Crippen LogP contribution in [0.1, 0.15) is 29.2 Å². The predicted octanol–water partition coefficient (Wildman–Crippen LogP) is 1.18. The smallest absolute Gasteiger partial charge is 0.306 e. The van der Waals surface area contributed by atoms with Crippen LogP contribution in [0, 0.1) is 13.8 Å². The van der Waals surface area contributed by atoms with Gasteiger partial charge in [-0.15, -0.1) is 0 Å². The van der Waals surface area contributed by atoms with Crippen molar-refractivity contribution in [2.24, 2.45) is 0 Å². The molecule has 100 valence electrons. The van der Waals surface area contributed by atoms with E-state index in [2.05, 4.69) is 0 Å². The topological polar surface area (TPSA) is 87.0 Å². The zero-order valence-electron chi connectivity index (χ0n) is 10.7. The van der Waals surface area contributed by atoms with Gasteiger partial charge in [-0.3, -0.25) is 4.79 Å². The molecule has 0 aromatic heterocycles. The van der Waals surface area contributed by atoms with Crippen LogP contribution in [0.2, 0.25) is 0 Å². The molecule has 0 aliphatic carbocycles. The lowest BCUT2D eigenvalue weighted by atomic mass is 9.93. The predicted molar refractivity (Wildman–Crippen MR) is 65.7 cm³/mol. The quantitative estimate of drug-likeness (QED) is 0.734. The normalized spacial score (nSPS) is 14.1. The van der Waals surface area contributed by atoms with E-state index in [4.69, 9.17) is 9.84 Å². The highest BCUT2D eigenvalue weighted by Crippen LogP contribution is 2.29. The van der Waals surface area contributed by atoms with Gasteiger partial charge < -0.3 is 20.1 Å². The minimum atomic E-state index is -1.33. The Morgan fingerprint density at radius 2 is 1.78 bits per heavy atom. The van der Waals surface area contributed by atoms with Crippen molar-refractivity contribution in [1.82, 2.24) is 0 Å². The van der Waals surface area contributed by atoms with Crippen LogP contribution in [-0.2, 0) is 4.79 Å². The van der Waals surface area contributed by atoms with Crippen LogP contribution in [0.3, 0.4) is 0 Å². The first-order valence-electron chi connectivity index (χ1n) is 5.60. The lowest BCUT2D eigenvalue weighted by Crippen LogP contribution is -2.23. The molecule has 1 rings (SSSR count). The Morgan fingerprint density at radius 3 is 2.17 bits per heavy atom. The highest BCUT2D eigenvalue weighted by Gasteiger charge is 2.24. The van der Waals surface area contributed by atoms with Gasteiger partial charge in [-0.25, -0.2) is 0 Å². The van der Waals surface area contributed by atoms with E-state index in [-0.39, 0.29) is 0 Å². The lowest BCUT2D eigenvalue weighted by Gasteiger charge is -2.21. The Labute approximate surface area is 106 Å². The molecule has 0 saturated carbocycles. The van der Waals surface area contributed by atoms with Gasteiger partial charge in [-0.2, -0.15) is 0 Å². The van der Waals surface area contributed by atoms with Gasteiger partial charge >= 0.3 is 5.97 Å². The molecule has 0 radical (unpaired) electrons. The Bertz CT molecular complexity index is 418. The van der Waals surface area contributed by atoms with Crippen molar-refractivity contribution in [2.45, 2.75) is 32.5 Å². The van der Waals surface area contributed by atoms with Crippen LogP contribution in [0.25, 0.3) is 0 Å². The molecule has 0 spiro atoms. The number of ether oxygens (including phenoxy) is 1. The van der Waals surface area contributed by atoms with Crippen molar-refractivity contribution >= 4 is 5.97 Å². The molecule has 2 unspecified atom stereocenters. The summed E-state index contributed by atoms with van der Waals surface area (Å²) in [4.78, 5) is 10.5. The molecule has 0 amide bonds. The fourth-order valence-electron chi connectivity index (χ4n) is 2.00. The second-order valence-electron chi connectivity index (χ2n) is 4.28. The molecule has 18 heavy (non-hydrogen) atoms. The molecule has 0 saturated heterocycles. The van der Waals surface area contributed by atoms with E-state index in [1.165, 1.54) is 0 Å². The first-order chi connectivity index (χ1) is 8.36. The van der Waals surface area contributed by atoms with Crippen LogP contribution in [0.4, 0.5) is 0 Å². The summed E-state index contributed by atoms with van der Waals surface area (Å²) in [5.41, 5.74) is 2.05. The first kappa shape index (κ1) is 14.5. The maximum Gasteiger partial charge on any atom is 0.306 e. The minimum Gasteiger partial charge on any atom is -0.497 e. The first-order valence-corrected chi connectivity index (χ1v) is 5.60. The van der Waals surface area contributed by atoms with Crippen molar-refractivity contribution in [3.63, 3.8) is 0 Å². The molecule has 0 heterocycles. The van der Waals surface area contributed by atoms with Gasteiger partial charge in [0.1, 0.15) is 11.9 Å². The second-order valence-corrected chi connectivity index (χ2v) is 4.28. The van der Waals surface area contributed by atoms with E-state index in [0.29, 0.717) is 11.3 Å². The number of aliphatic hydroxyl groups excluding tert-OH is 2. The van der Waals surface area contributed by atoms with Crippen molar-refractivity contribution < 1.29 is 24.9 Å². The number of aliphatic hydroxyl groups is 2. The van der Waals surface area contributed by atoms with Crippen molar-refractivity contribution in [1.29, 1.82) is 0 Å². The summed E-state index contributed by atoms with van der Waals surface area (Å²) < 4.78 is 5.10. The van der Waals surface area contributed by atoms with Gasteiger partial charge in [0, 0.05) is 0 Å².